The molecular formula is C19H27N3O3. The molecule has 2 fully saturated rings. The van der Waals surface area contributed by atoms with Crippen LogP contribution < -0.4 is 10.6 Å². The first-order chi connectivity index (χ1) is 12.0. The molecule has 0 spiro atoms. The third-order valence-corrected chi connectivity index (χ3v) is 5.13. The van der Waals surface area contributed by atoms with Crippen molar-refractivity contribution in [1.29, 1.82) is 0 Å². The van der Waals surface area contributed by atoms with Crippen LogP contribution in [0.25, 0.3) is 0 Å². The molecule has 0 bridgehead atoms. The number of aryl methyl sites for hydroxylation is 1. The summed E-state index contributed by atoms with van der Waals surface area (Å²) in [7, 11) is 0. The van der Waals surface area contributed by atoms with Crippen molar-refractivity contribution in [2.45, 2.75) is 38.6 Å². The molecule has 2 aliphatic rings. The molecule has 2 amide bonds. The number of carbonyl (C=O) groups is 2. The zero-order chi connectivity index (χ0) is 17.8. The van der Waals surface area contributed by atoms with Crippen LogP contribution in [0.3, 0.4) is 0 Å². The van der Waals surface area contributed by atoms with Crippen molar-refractivity contribution in [1.82, 2.24) is 15.5 Å². The standard InChI is InChI=1S/C19H27N3O3/c1-13-6-7-17(23)15(10-13)19(25)22-9-3-4-14(12-22)11-21-18(24)16-5-2-8-20-16/h6-7,10,14,16,20,23H,2-5,8-9,11-12H2,1H3,(H,21,24). The molecule has 0 aromatic heterocycles. The van der Waals surface area contributed by atoms with Gasteiger partial charge in [0.2, 0.25) is 5.91 Å². The molecule has 2 saturated heterocycles. The zero-order valence-electron chi connectivity index (χ0n) is 14.8. The predicted molar refractivity (Wildman–Crippen MR) is 95.5 cm³/mol. The number of nitrogens with zero attached hydrogens (tertiary/aromatic N) is 1. The minimum Gasteiger partial charge on any atom is -0.507 e. The summed E-state index contributed by atoms with van der Waals surface area (Å²) in [6, 6.07) is 5.02. The highest BCUT2D eigenvalue weighted by atomic mass is 16.3. The number of phenols is 1. The van der Waals surface area contributed by atoms with E-state index in [-0.39, 0.29) is 29.5 Å². The topological polar surface area (TPSA) is 81.7 Å². The average molecular weight is 345 g/mol. The van der Waals surface area contributed by atoms with Gasteiger partial charge in [0.25, 0.3) is 5.91 Å². The summed E-state index contributed by atoms with van der Waals surface area (Å²) < 4.78 is 0. The van der Waals surface area contributed by atoms with Gasteiger partial charge in [-0.15, -0.1) is 0 Å². The van der Waals surface area contributed by atoms with Gasteiger partial charge < -0.3 is 20.6 Å². The summed E-state index contributed by atoms with van der Waals surface area (Å²) in [4.78, 5) is 26.6. The number of phenolic OH excluding ortho intramolecular Hbond substituents is 1. The minimum absolute atomic E-state index is 0.0262. The first-order valence-corrected chi connectivity index (χ1v) is 9.14. The SMILES string of the molecule is Cc1ccc(O)c(C(=O)N2CCCC(CNC(=O)C3CCCN3)C2)c1. The Morgan fingerprint density at radius 3 is 2.92 bits per heavy atom. The third-order valence-electron chi connectivity index (χ3n) is 5.13. The maximum absolute atomic E-state index is 12.7. The van der Waals surface area contributed by atoms with Crippen LogP contribution in [0.2, 0.25) is 0 Å². The summed E-state index contributed by atoms with van der Waals surface area (Å²) in [6.45, 7) is 4.72. The Morgan fingerprint density at radius 2 is 2.16 bits per heavy atom. The lowest BCUT2D eigenvalue weighted by atomic mass is 9.96. The van der Waals surface area contributed by atoms with E-state index in [1.165, 1.54) is 0 Å². The predicted octanol–water partition coefficient (Wildman–Crippen LogP) is 1.42. The van der Waals surface area contributed by atoms with Gasteiger partial charge in [0.05, 0.1) is 11.6 Å². The molecule has 2 heterocycles. The fraction of sp³-hybridized carbons (Fsp3) is 0.579. The van der Waals surface area contributed by atoms with Crippen molar-refractivity contribution in [3.63, 3.8) is 0 Å². The molecule has 1 aromatic rings. The fourth-order valence-electron chi connectivity index (χ4n) is 3.68. The van der Waals surface area contributed by atoms with Crippen LogP contribution in [-0.4, -0.2) is 54.0 Å². The van der Waals surface area contributed by atoms with Crippen LogP contribution in [0.15, 0.2) is 18.2 Å². The monoisotopic (exact) mass is 345 g/mol. The molecule has 2 atom stereocenters. The van der Waals surface area contributed by atoms with E-state index in [4.69, 9.17) is 0 Å². The molecule has 0 aliphatic carbocycles. The van der Waals surface area contributed by atoms with Gasteiger partial charge in [-0.1, -0.05) is 11.6 Å². The Balaban J connectivity index is 1.56. The first kappa shape index (κ1) is 17.7. The Hall–Kier alpha value is -2.08. The number of hydrogen-bond donors (Lipinski definition) is 3. The molecule has 2 unspecified atom stereocenters. The van der Waals surface area contributed by atoms with Gasteiger partial charge in [-0.2, -0.15) is 0 Å². The second-order valence-electron chi connectivity index (χ2n) is 7.17. The quantitative estimate of drug-likeness (QED) is 0.771. The van der Waals surface area contributed by atoms with E-state index >= 15 is 0 Å². The fourth-order valence-corrected chi connectivity index (χ4v) is 3.68. The molecule has 0 radical (unpaired) electrons. The van der Waals surface area contributed by atoms with Gasteiger partial charge in [0.15, 0.2) is 0 Å². The van der Waals surface area contributed by atoms with Crippen molar-refractivity contribution in [3.8, 4) is 5.75 Å². The number of likely N-dealkylation sites (tertiary alicyclic amines) is 1. The van der Waals surface area contributed by atoms with Crippen molar-refractivity contribution in [3.05, 3.63) is 29.3 Å². The number of hydrogen-bond acceptors (Lipinski definition) is 4. The van der Waals surface area contributed by atoms with E-state index in [1.807, 2.05) is 6.92 Å². The van der Waals surface area contributed by atoms with E-state index in [1.54, 1.807) is 23.1 Å². The van der Waals surface area contributed by atoms with Crippen LogP contribution >= 0.6 is 0 Å². The van der Waals surface area contributed by atoms with Crippen molar-refractivity contribution in [2.24, 2.45) is 5.92 Å². The van der Waals surface area contributed by atoms with Gasteiger partial charge >= 0.3 is 0 Å². The van der Waals surface area contributed by atoms with Crippen LogP contribution in [-0.2, 0) is 4.79 Å². The maximum Gasteiger partial charge on any atom is 0.257 e. The highest BCUT2D eigenvalue weighted by Crippen LogP contribution is 2.23. The summed E-state index contributed by atoms with van der Waals surface area (Å²) in [5.41, 5.74) is 1.31. The normalized spacial score (nSPS) is 23.5. The van der Waals surface area contributed by atoms with E-state index in [2.05, 4.69) is 10.6 Å². The lowest BCUT2D eigenvalue weighted by Gasteiger charge is -2.33. The summed E-state index contributed by atoms with van der Waals surface area (Å²) in [5, 5.41) is 16.2. The van der Waals surface area contributed by atoms with Gasteiger partial charge in [-0.3, -0.25) is 9.59 Å². The lowest BCUT2D eigenvalue weighted by Crippen LogP contribution is -2.46. The van der Waals surface area contributed by atoms with E-state index in [9.17, 15) is 14.7 Å². The molecule has 1 aromatic carbocycles. The maximum atomic E-state index is 12.7. The second-order valence-corrected chi connectivity index (χ2v) is 7.17. The second kappa shape index (κ2) is 7.87. The van der Waals surface area contributed by atoms with E-state index < -0.39 is 0 Å². The van der Waals surface area contributed by atoms with Gasteiger partial charge in [-0.25, -0.2) is 0 Å². The highest BCUT2D eigenvalue weighted by molar-refractivity contribution is 5.97. The van der Waals surface area contributed by atoms with E-state index in [0.29, 0.717) is 25.2 Å². The van der Waals surface area contributed by atoms with Crippen LogP contribution in [0.4, 0.5) is 0 Å². The molecular weight excluding hydrogens is 318 g/mol. The van der Waals surface area contributed by atoms with Crippen LogP contribution in [0.5, 0.6) is 5.75 Å². The zero-order valence-corrected chi connectivity index (χ0v) is 14.8. The summed E-state index contributed by atoms with van der Waals surface area (Å²) in [5.74, 6) is 0.223. The Morgan fingerprint density at radius 1 is 1.32 bits per heavy atom. The molecule has 0 saturated carbocycles. The summed E-state index contributed by atoms with van der Waals surface area (Å²) in [6.07, 6.45) is 3.86. The van der Waals surface area contributed by atoms with Crippen LogP contribution in [0.1, 0.15) is 41.6 Å². The smallest absolute Gasteiger partial charge is 0.257 e. The molecule has 2 aliphatic heterocycles. The minimum atomic E-state index is -0.130. The molecule has 25 heavy (non-hydrogen) atoms. The number of carbonyl (C=O) groups excluding carboxylic acids is 2. The average Bonchev–Trinajstić information content (AvgIpc) is 3.16. The number of aromatic hydroxyl groups is 1. The first-order valence-electron chi connectivity index (χ1n) is 9.14. The molecule has 3 N–H and O–H groups in total. The molecule has 136 valence electrons. The van der Waals surface area contributed by atoms with Crippen molar-refractivity contribution >= 4 is 11.8 Å². The molecule has 3 rings (SSSR count). The Labute approximate surface area is 148 Å². The van der Waals surface area contributed by atoms with Crippen LogP contribution in [0, 0.1) is 12.8 Å². The van der Waals surface area contributed by atoms with Gasteiger partial charge in [-0.05, 0) is 57.2 Å². The molecule has 6 nitrogen and oxygen atoms in total. The van der Waals surface area contributed by atoms with E-state index in [0.717, 1.165) is 37.8 Å². The largest absolute Gasteiger partial charge is 0.507 e. The van der Waals surface area contributed by atoms with Gasteiger partial charge in [0, 0.05) is 19.6 Å². The van der Waals surface area contributed by atoms with Crippen molar-refractivity contribution < 1.29 is 14.7 Å². The number of nitrogens with one attached hydrogen (secondary N) is 2. The Bertz CT molecular complexity index is 641. The number of rotatable bonds is 4. The lowest BCUT2D eigenvalue weighted by molar-refractivity contribution is -0.123. The number of amides is 2. The number of piperidine rings is 1. The Kier molecular flexibility index (Phi) is 5.58. The van der Waals surface area contributed by atoms with Gasteiger partial charge in [0.1, 0.15) is 5.75 Å². The summed E-state index contributed by atoms with van der Waals surface area (Å²) >= 11 is 0. The molecule has 6 heteroatoms. The third kappa shape index (κ3) is 4.31. The highest BCUT2D eigenvalue weighted by Gasteiger charge is 2.27. The number of benzene rings is 1. The van der Waals surface area contributed by atoms with Crippen molar-refractivity contribution in [2.75, 3.05) is 26.2 Å².